The molecule has 3 N–H and O–H groups in total. The lowest BCUT2D eigenvalue weighted by Gasteiger charge is -2.08. The quantitative estimate of drug-likeness (QED) is 0.809. The zero-order chi connectivity index (χ0) is 15.2. The highest BCUT2D eigenvalue weighted by atomic mass is 16.2. The summed E-state index contributed by atoms with van der Waals surface area (Å²) in [6, 6.07) is 11.8. The van der Waals surface area contributed by atoms with Gasteiger partial charge in [0.15, 0.2) is 0 Å². The molecule has 0 aliphatic rings. The predicted molar refractivity (Wildman–Crippen MR) is 81.4 cm³/mol. The van der Waals surface area contributed by atoms with Crippen LogP contribution >= 0.6 is 0 Å². The first-order valence-corrected chi connectivity index (χ1v) is 6.42. The van der Waals surface area contributed by atoms with E-state index in [4.69, 9.17) is 0 Å². The lowest BCUT2D eigenvalue weighted by atomic mass is 10.2. The summed E-state index contributed by atoms with van der Waals surface area (Å²) in [6.45, 7) is 1.82. The van der Waals surface area contributed by atoms with Crippen LogP contribution in [0.2, 0.25) is 0 Å². The van der Waals surface area contributed by atoms with Crippen molar-refractivity contribution >= 4 is 23.3 Å². The van der Waals surface area contributed by atoms with Gasteiger partial charge in [-0.05, 0) is 37.3 Å². The van der Waals surface area contributed by atoms with E-state index in [1.165, 1.54) is 7.05 Å². The highest BCUT2D eigenvalue weighted by Crippen LogP contribution is 2.15. The van der Waals surface area contributed by atoms with Crippen LogP contribution < -0.4 is 16.0 Å². The van der Waals surface area contributed by atoms with Gasteiger partial charge < -0.3 is 16.0 Å². The van der Waals surface area contributed by atoms with Crippen LogP contribution in [0.25, 0.3) is 0 Å². The molecule has 6 heteroatoms. The van der Waals surface area contributed by atoms with E-state index in [2.05, 4.69) is 20.9 Å². The number of hydrogen-bond acceptors (Lipinski definition) is 3. The molecule has 1 aromatic carbocycles. The van der Waals surface area contributed by atoms with Crippen LogP contribution in [-0.2, 0) is 0 Å². The summed E-state index contributed by atoms with van der Waals surface area (Å²) in [5.41, 5.74) is 2.29. The number of aromatic nitrogens is 1. The Kier molecular flexibility index (Phi) is 4.50. The summed E-state index contributed by atoms with van der Waals surface area (Å²) in [6.07, 6.45) is 0. The smallest absolute Gasteiger partial charge is 0.318 e. The second kappa shape index (κ2) is 6.51. The monoisotopic (exact) mass is 284 g/mol. The number of benzene rings is 1. The molecule has 0 unspecified atom stereocenters. The number of anilines is 2. The minimum absolute atomic E-state index is 0.296. The van der Waals surface area contributed by atoms with Crippen molar-refractivity contribution < 1.29 is 9.59 Å². The molecule has 3 amide bonds. The van der Waals surface area contributed by atoms with Crippen LogP contribution in [0.4, 0.5) is 16.2 Å². The number of amides is 3. The van der Waals surface area contributed by atoms with Crippen LogP contribution in [0.15, 0.2) is 42.5 Å². The summed E-state index contributed by atoms with van der Waals surface area (Å²) in [4.78, 5) is 27.5. The standard InChI is InChI=1S/C15H16N4O2/c1-10-5-3-8-13(17-10)14(20)18-11-6-4-7-12(9-11)19-15(21)16-2/h3-9H,1-2H3,(H,18,20)(H2,16,19,21). The van der Waals surface area contributed by atoms with Crippen molar-refractivity contribution in [2.75, 3.05) is 17.7 Å². The maximum Gasteiger partial charge on any atom is 0.318 e. The molecule has 2 aromatic rings. The minimum Gasteiger partial charge on any atom is -0.341 e. The Bertz CT molecular complexity index is 670. The summed E-state index contributed by atoms with van der Waals surface area (Å²) >= 11 is 0. The molecule has 0 saturated heterocycles. The number of aryl methyl sites for hydroxylation is 1. The summed E-state index contributed by atoms with van der Waals surface area (Å²) in [5.74, 6) is -0.296. The molecule has 2 rings (SSSR count). The Morgan fingerprint density at radius 3 is 2.33 bits per heavy atom. The Morgan fingerprint density at radius 2 is 1.67 bits per heavy atom. The topological polar surface area (TPSA) is 83.1 Å². The molecule has 0 spiro atoms. The third-order valence-electron chi connectivity index (χ3n) is 2.73. The number of nitrogens with one attached hydrogen (secondary N) is 3. The average Bonchev–Trinajstić information content (AvgIpc) is 2.47. The van der Waals surface area contributed by atoms with E-state index in [-0.39, 0.29) is 11.9 Å². The fourth-order valence-corrected chi connectivity index (χ4v) is 1.73. The Balaban J connectivity index is 2.11. The van der Waals surface area contributed by atoms with Gasteiger partial charge in [0.2, 0.25) is 0 Å². The van der Waals surface area contributed by atoms with Crippen molar-refractivity contribution in [1.82, 2.24) is 10.3 Å². The van der Waals surface area contributed by atoms with Gasteiger partial charge in [0.25, 0.3) is 5.91 Å². The first-order chi connectivity index (χ1) is 10.1. The lowest BCUT2D eigenvalue weighted by molar-refractivity contribution is 0.102. The van der Waals surface area contributed by atoms with Crippen molar-refractivity contribution in [3.8, 4) is 0 Å². The van der Waals surface area contributed by atoms with Crippen molar-refractivity contribution in [3.05, 3.63) is 53.9 Å². The van der Waals surface area contributed by atoms with Crippen molar-refractivity contribution in [2.45, 2.75) is 6.92 Å². The molecule has 0 aliphatic carbocycles. The van der Waals surface area contributed by atoms with Crippen LogP contribution in [0.3, 0.4) is 0 Å². The maximum atomic E-state index is 12.1. The van der Waals surface area contributed by atoms with Gasteiger partial charge in [-0.15, -0.1) is 0 Å². The molecule has 0 saturated carbocycles. The molecule has 0 fully saturated rings. The van der Waals surface area contributed by atoms with E-state index in [0.717, 1.165) is 5.69 Å². The summed E-state index contributed by atoms with van der Waals surface area (Å²) in [5, 5.41) is 7.84. The van der Waals surface area contributed by atoms with E-state index >= 15 is 0 Å². The minimum atomic E-state index is -0.321. The molecule has 0 aliphatic heterocycles. The molecule has 108 valence electrons. The molecule has 21 heavy (non-hydrogen) atoms. The number of carbonyl (C=O) groups excluding carboxylic acids is 2. The lowest BCUT2D eigenvalue weighted by Crippen LogP contribution is -2.24. The Hall–Kier alpha value is -2.89. The fraction of sp³-hybridized carbons (Fsp3) is 0.133. The van der Waals surface area contributed by atoms with Gasteiger partial charge in [0.1, 0.15) is 5.69 Å². The van der Waals surface area contributed by atoms with Crippen LogP contribution in [0.5, 0.6) is 0 Å². The third kappa shape index (κ3) is 4.04. The van der Waals surface area contributed by atoms with Gasteiger partial charge in [-0.25, -0.2) is 9.78 Å². The third-order valence-corrected chi connectivity index (χ3v) is 2.73. The highest BCUT2D eigenvalue weighted by Gasteiger charge is 2.08. The van der Waals surface area contributed by atoms with E-state index in [0.29, 0.717) is 17.1 Å². The number of hydrogen-bond donors (Lipinski definition) is 3. The Morgan fingerprint density at radius 1 is 1.00 bits per heavy atom. The van der Waals surface area contributed by atoms with Gasteiger partial charge in [-0.1, -0.05) is 12.1 Å². The van der Waals surface area contributed by atoms with Gasteiger partial charge in [0.05, 0.1) is 0 Å². The average molecular weight is 284 g/mol. The molecule has 6 nitrogen and oxygen atoms in total. The number of carbonyl (C=O) groups is 2. The second-order valence-electron chi connectivity index (χ2n) is 4.40. The second-order valence-corrected chi connectivity index (χ2v) is 4.40. The van der Waals surface area contributed by atoms with Crippen molar-refractivity contribution in [1.29, 1.82) is 0 Å². The van der Waals surface area contributed by atoms with E-state index in [1.54, 1.807) is 36.4 Å². The van der Waals surface area contributed by atoms with Crippen molar-refractivity contribution in [2.24, 2.45) is 0 Å². The normalized spacial score (nSPS) is 9.81. The van der Waals surface area contributed by atoms with Crippen molar-refractivity contribution in [3.63, 3.8) is 0 Å². The molecular weight excluding hydrogens is 268 g/mol. The molecule has 0 radical (unpaired) electrons. The van der Waals surface area contributed by atoms with Gasteiger partial charge in [0, 0.05) is 24.1 Å². The molecule has 0 atom stereocenters. The molecule has 1 aromatic heterocycles. The van der Waals surface area contributed by atoms with Gasteiger partial charge in [-0.3, -0.25) is 4.79 Å². The molecular formula is C15H16N4O2. The summed E-state index contributed by atoms with van der Waals surface area (Å²) < 4.78 is 0. The zero-order valence-electron chi connectivity index (χ0n) is 11.8. The maximum absolute atomic E-state index is 12.1. The number of nitrogens with zero attached hydrogens (tertiary/aromatic N) is 1. The number of urea groups is 1. The SMILES string of the molecule is CNC(=O)Nc1cccc(NC(=O)c2cccc(C)n2)c1. The van der Waals surface area contributed by atoms with E-state index < -0.39 is 0 Å². The van der Waals surface area contributed by atoms with E-state index in [1.807, 2.05) is 13.0 Å². The first kappa shape index (κ1) is 14.5. The summed E-state index contributed by atoms with van der Waals surface area (Å²) in [7, 11) is 1.53. The zero-order valence-corrected chi connectivity index (χ0v) is 11.8. The largest absolute Gasteiger partial charge is 0.341 e. The number of pyridine rings is 1. The first-order valence-electron chi connectivity index (χ1n) is 6.42. The van der Waals surface area contributed by atoms with Crippen LogP contribution in [0.1, 0.15) is 16.2 Å². The van der Waals surface area contributed by atoms with Gasteiger partial charge >= 0.3 is 6.03 Å². The molecule has 1 heterocycles. The predicted octanol–water partition coefficient (Wildman–Crippen LogP) is 2.39. The van der Waals surface area contributed by atoms with Crippen LogP contribution in [-0.4, -0.2) is 24.0 Å². The van der Waals surface area contributed by atoms with E-state index in [9.17, 15) is 9.59 Å². The Labute approximate surface area is 122 Å². The van der Waals surface area contributed by atoms with Crippen LogP contribution in [0, 0.1) is 6.92 Å². The number of rotatable bonds is 3. The fourth-order valence-electron chi connectivity index (χ4n) is 1.73. The highest BCUT2D eigenvalue weighted by molar-refractivity contribution is 6.03. The molecule has 0 bridgehead atoms. The van der Waals surface area contributed by atoms with Gasteiger partial charge in [-0.2, -0.15) is 0 Å².